The van der Waals surface area contributed by atoms with E-state index in [2.05, 4.69) is 4.99 Å². The van der Waals surface area contributed by atoms with Gasteiger partial charge in [0.2, 0.25) is 0 Å². The predicted octanol–water partition coefficient (Wildman–Crippen LogP) is -0.106. The van der Waals surface area contributed by atoms with Crippen LogP contribution in [-0.4, -0.2) is 35.7 Å². The smallest absolute Gasteiger partial charge is 0.320 e. The van der Waals surface area contributed by atoms with Gasteiger partial charge in [0.05, 0.1) is 5.84 Å². The average molecular weight is 205 g/mol. The maximum Gasteiger partial charge on any atom is 0.320 e. The van der Waals surface area contributed by atoms with Crippen molar-refractivity contribution in [2.75, 3.05) is 6.54 Å². The van der Waals surface area contributed by atoms with Crippen LogP contribution in [0.4, 0.5) is 4.39 Å². The standard InChI is InChI=1S/C8H16FN3O2/c1-5(10)12-3-2-6(9)4-7(11)8(13)14/h6-7H,2-4,11H2,1H3,(H2,10,12)(H,13,14)/t6-,7-/m1/s1. The van der Waals surface area contributed by atoms with Crippen molar-refractivity contribution in [3.8, 4) is 0 Å². The van der Waals surface area contributed by atoms with Gasteiger partial charge in [-0.2, -0.15) is 0 Å². The third kappa shape index (κ3) is 6.36. The summed E-state index contributed by atoms with van der Waals surface area (Å²) in [5.41, 5.74) is 10.4. The lowest BCUT2D eigenvalue weighted by Gasteiger charge is -2.09. The van der Waals surface area contributed by atoms with Gasteiger partial charge in [-0.15, -0.1) is 0 Å². The zero-order chi connectivity index (χ0) is 11.1. The van der Waals surface area contributed by atoms with E-state index in [1.54, 1.807) is 6.92 Å². The van der Waals surface area contributed by atoms with E-state index in [9.17, 15) is 9.18 Å². The summed E-state index contributed by atoms with van der Waals surface area (Å²) in [4.78, 5) is 14.1. The maximum atomic E-state index is 13.0. The van der Waals surface area contributed by atoms with Gasteiger partial charge in [0.25, 0.3) is 0 Å². The van der Waals surface area contributed by atoms with Crippen LogP contribution in [0.25, 0.3) is 0 Å². The Balaban J connectivity index is 3.70. The Labute approximate surface area is 82.0 Å². The molecule has 82 valence electrons. The van der Waals surface area contributed by atoms with Gasteiger partial charge in [-0.25, -0.2) is 4.39 Å². The first kappa shape index (κ1) is 12.8. The molecular weight excluding hydrogens is 189 g/mol. The summed E-state index contributed by atoms with van der Waals surface area (Å²) in [5.74, 6) is -0.800. The van der Waals surface area contributed by atoms with Crippen molar-refractivity contribution in [1.29, 1.82) is 0 Å². The Morgan fingerprint density at radius 2 is 2.21 bits per heavy atom. The molecule has 0 spiro atoms. The Bertz CT molecular complexity index is 217. The minimum Gasteiger partial charge on any atom is -0.480 e. The lowest BCUT2D eigenvalue weighted by molar-refractivity contribution is -0.139. The Morgan fingerprint density at radius 3 is 2.64 bits per heavy atom. The number of hydrogen-bond acceptors (Lipinski definition) is 3. The van der Waals surface area contributed by atoms with E-state index in [1.807, 2.05) is 0 Å². The van der Waals surface area contributed by atoms with Crippen molar-refractivity contribution in [3.63, 3.8) is 0 Å². The number of hydrogen-bond donors (Lipinski definition) is 3. The molecule has 5 nitrogen and oxygen atoms in total. The van der Waals surface area contributed by atoms with E-state index in [1.165, 1.54) is 0 Å². The summed E-state index contributed by atoms with van der Waals surface area (Å²) in [5, 5.41) is 8.41. The summed E-state index contributed by atoms with van der Waals surface area (Å²) >= 11 is 0. The molecule has 0 aliphatic carbocycles. The molecule has 0 bridgehead atoms. The molecule has 0 amide bonds. The normalized spacial score (nSPS) is 16.4. The molecule has 0 saturated heterocycles. The number of alkyl halides is 1. The lowest BCUT2D eigenvalue weighted by Crippen LogP contribution is -2.33. The highest BCUT2D eigenvalue weighted by atomic mass is 19.1. The summed E-state index contributed by atoms with van der Waals surface area (Å²) < 4.78 is 13.0. The maximum absolute atomic E-state index is 13.0. The molecule has 0 unspecified atom stereocenters. The molecule has 0 aliphatic rings. The monoisotopic (exact) mass is 205 g/mol. The van der Waals surface area contributed by atoms with Crippen LogP contribution in [0, 0.1) is 0 Å². The lowest BCUT2D eigenvalue weighted by atomic mass is 10.1. The van der Waals surface area contributed by atoms with Crippen LogP contribution in [-0.2, 0) is 4.79 Å². The van der Waals surface area contributed by atoms with Crippen LogP contribution in [0.5, 0.6) is 0 Å². The fourth-order valence-corrected chi connectivity index (χ4v) is 0.875. The van der Waals surface area contributed by atoms with Crippen molar-refractivity contribution in [1.82, 2.24) is 0 Å². The van der Waals surface area contributed by atoms with Crippen molar-refractivity contribution >= 4 is 11.8 Å². The number of carbonyl (C=O) groups is 1. The zero-order valence-corrected chi connectivity index (χ0v) is 8.11. The highest BCUT2D eigenvalue weighted by Crippen LogP contribution is 2.06. The van der Waals surface area contributed by atoms with Gasteiger partial charge in [0, 0.05) is 13.0 Å². The molecule has 2 atom stereocenters. The minimum absolute atomic E-state index is 0.148. The van der Waals surface area contributed by atoms with Crippen molar-refractivity contribution < 1.29 is 14.3 Å². The molecule has 6 heteroatoms. The fourth-order valence-electron chi connectivity index (χ4n) is 0.875. The van der Waals surface area contributed by atoms with Crippen LogP contribution in [0.1, 0.15) is 19.8 Å². The first-order valence-electron chi connectivity index (χ1n) is 4.32. The van der Waals surface area contributed by atoms with E-state index in [-0.39, 0.29) is 19.4 Å². The third-order valence-electron chi connectivity index (χ3n) is 1.63. The van der Waals surface area contributed by atoms with Gasteiger partial charge in [-0.1, -0.05) is 0 Å². The summed E-state index contributed by atoms with van der Waals surface area (Å²) in [7, 11) is 0. The molecule has 0 aromatic heterocycles. The van der Waals surface area contributed by atoms with E-state index in [4.69, 9.17) is 16.6 Å². The number of carboxylic acids is 1. The Hall–Kier alpha value is -1.17. The molecule has 0 aliphatic heterocycles. The van der Waals surface area contributed by atoms with Crippen LogP contribution < -0.4 is 11.5 Å². The topological polar surface area (TPSA) is 102 Å². The third-order valence-corrected chi connectivity index (χ3v) is 1.63. The first-order valence-corrected chi connectivity index (χ1v) is 4.32. The number of carboxylic acid groups (broad SMARTS) is 1. The zero-order valence-electron chi connectivity index (χ0n) is 8.11. The van der Waals surface area contributed by atoms with Crippen molar-refractivity contribution in [2.45, 2.75) is 32.0 Å². The SMILES string of the molecule is CC(N)=NCC[C@@H](F)C[C@@H](N)C(=O)O. The van der Waals surface area contributed by atoms with Crippen LogP contribution in [0.2, 0.25) is 0 Å². The predicted molar refractivity (Wildman–Crippen MR) is 51.9 cm³/mol. The number of nitrogens with two attached hydrogens (primary N) is 2. The molecule has 0 fully saturated rings. The molecule has 0 heterocycles. The molecular formula is C8H16FN3O2. The Kier molecular flexibility index (Phi) is 5.78. The van der Waals surface area contributed by atoms with Gasteiger partial charge >= 0.3 is 5.97 Å². The van der Waals surface area contributed by atoms with Crippen molar-refractivity contribution in [3.05, 3.63) is 0 Å². The summed E-state index contributed by atoms with van der Waals surface area (Å²) in [6.45, 7) is 1.87. The number of aliphatic carboxylic acids is 1. The summed E-state index contributed by atoms with van der Waals surface area (Å²) in [6, 6.07) is -1.15. The number of nitrogens with zero attached hydrogens (tertiary/aromatic N) is 1. The van der Waals surface area contributed by atoms with E-state index >= 15 is 0 Å². The van der Waals surface area contributed by atoms with Gasteiger partial charge in [-0.3, -0.25) is 9.79 Å². The van der Waals surface area contributed by atoms with E-state index in [0.29, 0.717) is 5.84 Å². The molecule has 0 aromatic carbocycles. The highest BCUT2D eigenvalue weighted by molar-refractivity contribution is 5.77. The first-order chi connectivity index (χ1) is 6.43. The quantitative estimate of drug-likeness (QED) is 0.416. The van der Waals surface area contributed by atoms with Gasteiger partial charge in [0.1, 0.15) is 12.2 Å². The van der Waals surface area contributed by atoms with Crippen LogP contribution >= 0.6 is 0 Å². The molecule has 0 aromatic rings. The second-order valence-corrected chi connectivity index (χ2v) is 3.09. The minimum atomic E-state index is -1.25. The van der Waals surface area contributed by atoms with Crippen LogP contribution in [0.15, 0.2) is 4.99 Å². The summed E-state index contributed by atoms with van der Waals surface area (Å²) in [6.07, 6.45) is -1.28. The Morgan fingerprint density at radius 1 is 1.64 bits per heavy atom. The molecule has 5 N–H and O–H groups in total. The van der Waals surface area contributed by atoms with E-state index in [0.717, 1.165) is 0 Å². The van der Waals surface area contributed by atoms with Crippen LogP contribution in [0.3, 0.4) is 0 Å². The van der Waals surface area contributed by atoms with Crippen molar-refractivity contribution in [2.24, 2.45) is 16.5 Å². The van der Waals surface area contributed by atoms with Gasteiger partial charge in [-0.05, 0) is 13.3 Å². The second kappa shape index (κ2) is 6.31. The molecule has 0 saturated carbocycles. The number of rotatable bonds is 6. The van der Waals surface area contributed by atoms with Gasteiger partial charge in [0.15, 0.2) is 0 Å². The van der Waals surface area contributed by atoms with E-state index < -0.39 is 18.2 Å². The molecule has 0 rings (SSSR count). The molecule has 14 heavy (non-hydrogen) atoms. The number of halogens is 1. The average Bonchev–Trinajstić information content (AvgIpc) is 2.02. The molecule has 0 radical (unpaired) electrons. The number of amidine groups is 1. The fraction of sp³-hybridized carbons (Fsp3) is 0.750. The van der Waals surface area contributed by atoms with Gasteiger partial charge < -0.3 is 16.6 Å². The largest absolute Gasteiger partial charge is 0.480 e. The number of aliphatic imine (C=N–C) groups is 1. The highest BCUT2D eigenvalue weighted by Gasteiger charge is 2.17. The second-order valence-electron chi connectivity index (χ2n) is 3.09.